The smallest absolute Gasteiger partial charge is 0.304 e. The first kappa shape index (κ1) is 6.86. The Balaban J connectivity index is 2.37. The Hall–Kier alpha value is -1.25. The average molecular weight is 139 g/mol. The first-order chi connectivity index (χ1) is 4.79. The first-order valence-electron chi connectivity index (χ1n) is 3.05. The Kier molecular flexibility index (Phi) is 2.10. The normalized spacial score (nSPS) is 21.9. The predicted molar refractivity (Wildman–Crippen MR) is 37.0 cm³/mol. The number of carbonyl (C=O) groups is 1. The molecule has 0 aromatic heterocycles. The number of hydrogen-bond acceptors (Lipinski definition) is 3. The third-order valence-electron chi connectivity index (χ3n) is 1.05. The van der Waals surface area contributed by atoms with Crippen molar-refractivity contribution in [3.8, 4) is 0 Å². The lowest BCUT2D eigenvalue weighted by atomic mass is 10.4. The van der Waals surface area contributed by atoms with Crippen molar-refractivity contribution in [3.05, 3.63) is 24.4 Å². The molecule has 1 aliphatic heterocycles. The summed E-state index contributed by atoms with van der Waals surface area (Å²) in [6.45, 7) is 1.38. The molecule has 1 unspecified atom stereocenters. The molecule has 0 saturated heterocycles. The van der Waals surface area contributed by atoms with E-state index in [4.69, 9.17) is 4.74 Å². The quantitative estimate of drug-likeness (QED) is 0.539. The van der Waals surface area contributed by atoms with E-state index in [1.54, 1.807) is 12.3 Å². The summed E-state index contributed by atoms with van der Waals surface area (Å²) < 4.78 is 4.80. The molecule has 54 valence electrons. The monoisotopic (exact) mass is 139 g/mol. The van der Waals surface area contributed by atoms with Gasteiger partial charge >= 0.3 is 5.97 Å². The molecule has 0 amide bonds. The van der Waals surface area contributed by atoms with E-state index >= 15 is 0 Å². The van der Waals surface area contributed by atoms with Crippen LogP contribution in [0, 0.1) is 0 Å². The van der Waals surface area contributed by atoms with Crippen molar-refractivity contribution in [1.29, 1.82) is 0 Å². The molecule has 0 aromatic rings. The third kappa shape index (κ3) is 1.93. The number of allylic oxidation sites excluding steroid dienone is 2. The number of carbonyl (C=O) groups excluding carboxylic acids is 1. The van der Waals surface area contributed by atoms with Crippen LogP contribution >= 0.6 is 0 Å². The molecule has 1 N–H and O–H groups in total. The summed E-state index contributed by atoms with van der Waals surface area (Å²) in [6, 6.07) is 0. The molecule has 0 fully saturated rings. The van der Waals surface area contributed by atoms with Crippen molar-refractivity contribution in [2.45, 2.75) is 13.2 Å². The van der Waals surface area contributed by atoms with Gasteiger partial charge in [0.1, 0.15) is 0 Å². The zero-order valence-electron chi connectivity index (χ0n) is 5.70. The maximum atomic E-state index is 10.4. The lowest BCUT2D eigenvalue weighted by molar-refractivity contribution is -0.144. The minimum atomic E-state index is -0.289. The third-order valence-corrected chi connectivity index (χ3v) is 1.05. The lowest BCUT2D eigenvalue weighted by Gasteiger charge is -2.14. The van der Waals surface area contributed by atoms with Crippen molar-refractivity contribution in [3.63, 3.8) is 0 Å². The summed E-state index contributed by atoms with van der Waals surface area (Å²) in [5.74, 6) is -0.280. The molecule has 1 atom stereocenters. The Morgan fingerprint density at radius 2 is 2.40 bits per heavy atom. The van der Waals surface area contributed by atoms with Gasteiger partial charge < -0.3 is 10.1 Å². The second-order valence-electron chi connectivity index (χ2n) is 1.94. The van der Waals surface area contributed by atoms with Crippen molar-refractivity contribution >= 4 is 5.97 Å². The highest BCUT2D eigenvalue weighted by molar-refractivity contribution is 5.66. The highest BCUT2D eigenvalue weighted by Gasteiger charge is 2.05. The molecule has 1 heterocycles. The summed E-state index contributed by atoms with van der Waals surface area (Å²) in [7, 11) is 0. The van der Waals surface area contributed by atoms with Crippen molar-refractivity contribution < 1.29 is 9.53 Å². The van der Waals surface area contributed by atoms with E-state index in [9.17, 15) is 4.79 Å². The van der Waals surface area contributed by atoms with Crippen LogP contribution in [-0.2, 0) is 9.53 Å². The number of rotatable bonds is 1. The standard InChI is InChI=1S/C7H9NO2/c1-6(9)10-7-4-2-3-5-8-7/h2-5,7-8H,1H3. The summed E-state index contributed by atoms with van der Waals surface area (Å²) in [6.07, 6.45) is 6.86. The van der Waals surface area contributed by atoms with Crippen LogP contribution in [0.5, 0.6) is 0 Å². The Labute approximate surface area is 59.4 Å². The van der Waals surface area contributed by atoms with E-state index in [2.05, 4.69) is 5.32 Å². The van der Waals surface area contributed by atoms with Crippen molar-refractivity contribution in [2.24, 2.45) is 0 Å². The average Bonchev–Trinajstić information content (AvgIpc) is 1.88. The van der Waals surface area contributed by atoms with Gasteiger partial charge in [-0.1, -0.05) is 6.08 Å². The predicted octanol–water partition coefficient (Wildman–Crippen LogP) is 0.549. The van der Waals surface area contributed by atoms with Gasteiger partial charge in [-0.3, -0.25) is 4.79 Å². The van der Waals surface area contributed by atoms with Crippen LogP contribution in [0.25, 0.3) is 0 Å². The fourth-order valence-electron chi connectivity index (χ4n) is 0.679. The van der Waals surface area contributed by atoms with Crippen molar-refractivity contribution in [1.82, 2.24) is 5.32 Å². The fourth-order valence-corrected chi connectivity index (χ4v) is 0.679. The van der Waals surface area contributed by atoms with E-state index in [-0.39, 0.29) is 12.2 Å². The van der Waals surface area contributed by atoms with E-state index in [0.717, 1.165) is 0 Å². The lowest BCUT2D eigenvalue weighted by Crippen LogP contribution is -2.28. The van der Waals surface area contributed by atoms with Gasteiger partial charge in [-0.2, -0.15) is 0 Å². The van der Waals surface area contributed by atoms with E-state index in [1.807, 2.05) is 12.2 Å². The molecular formula is C7H9NO2. The minimum Gasteiger partial charge on any atom is -0.438 e. The molecule has 1 rings (SSSR count). The molecular weight excluding hydrogens is 130 g/mol. The first-order valence-corrected chi connectivity index (χ1v) is 3.05. The van der Waals surface area contributed by atoms with Crippen LogP contribution in [-0.4, -0.2) is 12.2 Å². The number of nitrogens with one attached hydrogen (secondary N) is 1. The maximum absolute atomic E-state index is 10.4. The SMILES string of the molecule is CC(=O)OC1C=CC=CN1. The molecule has 1 aliphatic rings. The second-order valence-corrected chi connectivity index (χ2v) is 1.94. The van der Waals surface area contributed by atoms with Gasteiger partial charge in [0.2, 0.25) is 0 Å². The number of hydrogen-bond donors (Lipinski definition) is 1. The highest BCUT2D eigenvalue weighted by Crippen LogP contribution is 1.95. The number of ether oxygens (including phenoxy) is 1. The van der Waals surface area contributed by atoms with Gasteiger partial charge in [0.15, 0.2) is 6.23 Å². The Morgan fingerprint density at radius 3 is 2.90 bits per heavy atom. The molecule has 0 spiro atoms. The number of dihydropyridines is 1. The topological polar surface area (TPSA) is 38.3 Å². The highest BCUT2D eigenvalue weighted by atomic mass is 16.6. The minimum absolute atomic E-state index is 0.280. The van der Waals surface area contributed by atoms with Gasteiger partial charge in [0, 0.05) is 6.92 Å². The molecule has 3 nitrogen and oxygen atoms in total. The maximum Gasteiger partial charge on any atom is 0.304 e. The Bertz CT molecular complexity index is 184. The van der Waals surface area contributed by atoms with E-state index in [0.29, 0.717) is 0 Å². The van der Waals surface area contributed by atoms with Crippen LogP contribution in [0.3, 0.4) is 0 Å². The van der Waals surface area contributed by atoms with Gasteiger partial charge in [0.05, 0.1) is 0 Å². The molecule has 10 heavy (non-hydrogen) atoms. The second kappa shape index (κ2) is 3.06. The summed E-state index contributed by atoms with van der Waals surface area (Å²) in [5.41, 5.74) is 0. The van der Waals surface area contributed by atoms with Crippen LogP contribution in [0.1, 0.15) is 6.92 Å². The van der Waals surface area contributed by atoms with Gasteiger partial charge in [-0.05, 0) is 18.4 Å². The van der Waals surface area contributed by atoms with Crippen LogP contribution in [0.4, 0.5) is 0 Å². The Morgan fingerprint density at radius 1 is 1.60 bits per heavy atom. The molecule has 0 bridgehead atoms. The molecule has 0 aromatic carbocycles. The molecule has 3 heteroatoms. The van der Waals surface area contributed by atoms with Crippen LogP contribution in [0.2, 0.25) is 0 Å². The largest absolute Gasteiger partial charge is 0.438 e. The van der Waals surface area contributed by atoms with Gasteiger partial charge in [-0.25, -0.2) is 0 Å². The van der Waals surface area contributed by atoms with E-state index < -0.39 is 0 Å². The summed E-state index contributed by atoms with van der Waals surface area (Å²) in [5, 5.41) is 2.84. The zero-order chi connectivity index (χ0) is 7.40. The van der Waals surface area contributed by atoms with Crippen LogP contribution < -0.4 is 5.32 Å². The summed E-state index contributed by atoms with van der Waals surface area (Å²) >= 11 is 0. The molecule has 0 aliphatic carbocycles. The van der Waals surface area contributed by atoms with Gasteiger partial charge in [0.25, 0.3) is 0 Å². The van der Waals surface area contributed by atoms with Crippen LogP contribution in [0.15, 0.2) is 24.4 Å². The van der Waals surface area contributed by atoms with Gasteiger partial charge in [-0.15, -0.1) is 0 Å². The zero-order valence-corrected chi connectivity index (χ0v) is 5.70. The number of esters is 1. The fraction of sp³-hybridized carbons (Fsp3) is 0.286. The van der Waals surface area contributed by atoms with Crippen molar-refractivity contribution in [2.75, 3.05) is 0 Å². The molecule has 0 saturated carbocycles. The van der Waals surface area contributed by atoms with E-state index in [1.165, 1.54) is 6.92 Å². The molecule has 0 radical (unpaired) electrons. The summed E-state index contributed by atoms with van der Waals surface area (Å²) in [4.78, 5) is 10.4.